The molecule has 2 rings (SSSR count). The highest BCUT2D eigenvalue weighted by molar-refractivity contribution is 5.78. The molecule has 1 aliphatic rings. The van der Waals surface area contributed by atoms with Crippen molar-refractivity contribution in [2.45, 2.75) is 39.7 Å². The first-order valence-electron chi connectivity index (χ1n) is 8.68. The van der Waals surface area contributed by atoms with Crippen LogP contribution in [0.2, 0.25) is 0 Å². The molecule has 1 aromatic heterocycles. The number of rotatable bonds is 3. The minimum absolute atomic E-state index is 0.268. The number of nitrogens with two attached hydrogens (primary N) is 1. The van der Waals surface area contributed by atoms with Gasteiger partial charge in [-0.25, -0.2) is 4.79 Å². The number of guanidine groups is 1. The summed E-state index contributed by atoms with van der Waals surface area (Å²) in [7, 11) is 0. The average Bonchev–Trinajstić information content (AvgIpc) is 2.55. The van der Waals surface area contributed by atoms with E-state index in [-0.39, 0.29) is 6.09 Å². The Morgan fingerprint density at radius 2 is 1.92 bits per heavy atom. The molecule has 1 aromatic rings. The van der Waals surface area contributed by atoms with Crippen molar-refractivity contribution >= 4 is 12.1 Å². The summed E-state index contributed by atoms with van der Waals surface area (Å²) in [4.78, 5) is 24.4. The van der Waals surface area contributed by atoms with E-state index in [1.807, 2.05) is 44.9 Å². The lowest BCUT2D eigenvalue weighted by Gasteiger charge is -2.36. The van der Waals surface area contributed by atoms with Gasteiger partial charge >= 0.3 is 6.09 Å². The fraction of sp³-hybridized carbons (Fsp3) is 0.611. The zero-order valence-electron chi connectivity index (χ0n) is 15.7. The third-order valence-corrected chi connectivity index (χ3v) is 4.05. The van der Waals surface area contributed by atoms with Crippen molar-refractivity contribution in [2.24, 2.45) is 10.7 Å². The van der Waals surface area contributed by atoms with Gasteiger partial charge in [-0.15, -0.1) is 0 Å². The van der Waals surface area contributed by atoms with Crippen LogP contribution in [0.1, 0.15) is 31.9 Å². The van der Waals surface area contributed by atoms with Crippen LogP contribution in [0.15, 0.2) is 23.5 Å². The lowest BCUT2D eigenvalue weighted by molar-refractivity contribution is 0.0186. The summed E-state index contributed by atoms with van der Waals surface area (Å²) >= 11 is 0. The van der Waals surface area contributed by atoms with Crippen molar-refractivity contribution in [3.63, 3.8) is 0 Å². The molecule has 2 heterocycles. The third-order valence-electron chi connectivity index (χ3n) is 4.05. The number of carbonyl (C=O) groups is 1. The Morgan fingerprint density at radius 3 is 2.52 bits per heavy atom. The normalized spacial score (nSPS) is 16.1. The number of nitrogens with zero attached hydrogens (tertiary/aromatic N) is 4. The minimum atomic E-state index is -0.472. The maximum absolute atomic E-state index is 12.1. The van der Waals surface area contributed by atoms with E-state index in [1.165, 1.54) is 11.1 Å². The number of aliphatic imine (C=N–C) groups is 1. The van der Waals surface area contributed by atoms with Gasteiger partial charge in [-0.05, 0) is 51.3 Å². The summed E-state index contributed by atoms with van der Waals surface area (Å²) in [6.07, 6.45) is 4.23. The first kappa shape index (κ1) is 19.0. The highest BCUT2D eigenvalue weighted by Crippen LogP contribution is 2.12. The topological polar surface area (TPSA) is 84.0 Å². The molecule has 0 radical (unpaired) electrons. The average molecular weight is 347 g/mol. The SMILES string of the molecule is Cc1cnccc1CCN=C(N)N1CCN(C(=O)OC(C)(C)C)CC1. The summed E-state index contributed by atoms with van der Waals surface area (Å²) in [6.45, 7) is 10.8. The van der Waals surface area contributed by atoms with Gasteiger partial charge in [0.15, 0.2) is 5.96 Å². The quantitative estimate of drug-likeness (QED) is 0.666. The number of ether oxygens (including phenoxy) is 1. The van der Waals surface area contributed by atoms with Gasteiger partial charge < -0.3 is 20.3 Å². The van der Waals surface area contributed by atoms with Crippen LogP contribution < -0.4 is 5.73 Å². The molecule has 1 fully saturated rings. The van der Waals surface area contributed by atoms with E-state index >= 15 is 0 Å². The Bertz CT molecular complexity index is 616. The van der Waals surface area contributed by atoms with Crippen LogP contribution in [-0.2, 0) is 11.2 Å². The molecule has 7 nitrogen and oxygen atoms in total. The summed E-state index contributed by atoms with van der Waals surface area (Å²) < 4.78 is 5.40. The van der Waals surface area contributed by atoms with Crippen LogP contribution in [0.25, 0.3) is 0 Å². The van der Waals surface area contributed by atoms with Gasteiger partial charge in [0.05, 0.1) is 0 Å². The Kier molecular flexibility index (Phi) is 6.22. The molecular formula is C18H29N5O2. The predicted molar refractivity (Wildman–Crippen MR) is 98.5 cm³/mol. The molecule has 2 N–H and O–H groups in total. The molecule has 1 amide bonds. The standard InChI is InChI=1S/C18H29N5O2/c1-14-13-20-7-5-15(14)6-8-21-16(19)22-9-11-23(12-10-22)17(24)25-18(2,3)4/h5,7,13H,6,8-12H2,1-4H3,(H2,19,21). The number of hydrogen-bond acceptors (Lipinski definition) is 4. The van der Waals surface area contributed by atoms with E-state index in [9.17, 15) is 4.79 Å². The van der Waals surface area contributed by atoms with Crippen LogP contribution in [-0.4, -0.2) is 65.2 Å². The summed E-state index contributed by atoms with van der Waals surface area (Å²) in [5.74, 6) is 0.538. The number of aryl methyl sites for hydroxylation is 1. The predicted octanol–water partition coefficient (Wildman–Crippen LogP) is 1.80. The number of aromatic nitrogens is 1. The lowest BCUT2D eigenvalue weighted by Crippen LogP contribution is -2.53. The van der Waals surface area contributed by atoms with Crippen molar-refractivity contribution in [1.29, 1.82) is 0 Å². The van der Waals surface area contributed by atoms with Crippen LogP contribution in [0.4, 0.5) is 4.79 Å². The number of amides is 1. The van der Waals surface area contributed by atoms with Crippen molar-refractivity contribution in [1.82, 2.24) is 14.8 Å². The largest absolute Gasteiger partial charge is 0.444 e. The Morgan fingerprint density at radius 1 is 1.28 bits per heavy atom. The summed E-state index contributed by atoms with van der Waals surface area (Å²) in [5, 5.41) is 0. The van der Waals surface area contributed by atoms with Crippen molar-refractivity contribution in [3.05, 3.63) is 29.6 Å². The maximum Gasteiger partial charge on any atom is 0.410 e. The van der Waals surface area contributed by atoms with Crippen LogP contribution in [0.3, 0.4) is 0 Å². The van der Waals surface area contributed by atoms with E-state index in [0.717, 1.165) is 6.42 Å². The van der Waals surface area contributed by atoms with Crippen molar-refractivity contribution in [2.75, 3.05) is 32.7 Å². The van der Waals surface area contributed by atoms with Gasteiger partial charge in [0.1, 0.15) is 5.60 Å². The van der Waals surface area contributed by atoms with Crippen molar-refractivity contribution < 1.29 is 9.53 Å². The number of piperazine rings is 1. The zero-order valence-corrected chi connectivity index (χ0v) is 15.7. The molecule has 0 aromatic carbocycles. The fourth-order valence-corrected chi connectivity index (χ4v) is 2.62. The lowest BCUT2D eigenvalue weighted by atomic mass is 10.1. The Balaban J connectivity index is 1.79. The van der Waals surface area contributed by atoms with Crippen LogP contribution >= 0.6 is 0 Å². The first-order valence-corrected chi connectivity index (χ1v) is 8.68. The fourth-order valence-electron chi connectivity index (χ4n) is 2.62. The van der Waals surface area contributed by atoms with E-state index in [4.69, 9.17) is 10.5 Å². The highest BCUT2D eigenvalue weighted by atomic mass is 16.6. The number of hydrogen-bond donors (Lipinski definition) is 1. The molecule has 0 aliphatic carbocycles. The molecule has 138 valence electrons. The smallest absolute Gasteiger partial charge is 0.410 e. The second-order valence-electron chi connectivity index (χ2n) is 7.25. The molecule has 0 saturated carbocycles. The van der Waals surface area contributed by atoms with E-state index in [1.54, 1.807) is 11.1 Å². The molecule has 0 atom stereocenters. The molecule has 0 bridgehead atoms. The summed E-state index contributed by atoms with van der Waals surface area (Å²) in [5.41, 5.74) is 8.04. The second kappa shape index (κ2) is 8.18. The summed E-state index contributed by atoms with van der Waals surface area (Å²) in [6, 6.07) is 2.01. The maximum atomic E-state index is 12.1. The molecular weight excluding hydrogens is 318 g/mol. The Hall–Kier alpha value is -2.31. The minimum Gasteiger partial charge on any atom is -0.444 e. The zero-order chi connectivity index (χ0) is 18.4. The van der Waals surface area contributed by atoms with Gasteiger partial charge in [-0.3, -0.25) is 9.98 Å². The molecule has 7 heteroatoms. The number of carbonyl (C=O) groups excluding carboxylic acids is 1. The van der Waals surface area contributed by atoms with Gasteiger partial charge in [0.25, 0.3) is 0 Å². The van der Waals surface area contributed by atoms with Crippen LogP contribution in [0.5, 0.6) is 0 Å². The van der Waals surface area contributed by atoms with Gasteiger partial charge in [0.2, 0.25) is 0 Å². The highest BCUT2D eigenvalue weighted by Gasteiger charge is 2.26. The van der Waals surface area contributed by atoms with Gasteiger partial charge in [0, 0.05) is 45.1 Å². The third kappa shape index (κ3) is 5.92. The number of pyridine rings is 1. The van der Waals surface area contributed by atoms with Crippen molar-refractivity contribution in [3.8, 4) is 0 Å². The molecule has 0 unspecified atom stereocenters. The van der Waals surface area contributed by atoms with E-state index < -0.39 is 5.60 Å². The first-order chi connectivity index (χ1) is 11.8. The monoisotopic (exact) mass is 347 g/mol. The van der Waals surface area contributed by atoms with Gasteiger partial charge in [-0.1, -0.05) is 0 Å². The second-order valence-corrected chi connectivity index (χ2v) is 7.25. The van der Waals surface area contributed by atoms with E-state index in [0.29, 0.717) is 38.7 Å². The van der Waals surface area contributed by atoms with Gasteiger partial charge in [-0.2, -0.15) is 0 Å². The molecule has 25 heavy (non-hydrogen) atoms. The van der Waals surface area contributed by atoms with E-state index in [2.05, 4.69) is 9.98 Å². The molecule has 1 aliphatic heterocycles. The molecule has 0 spiro atoms. The molecule has 1 saturated heterocycles. The van der Waals surface area contributed by atoms with Crippen LogP contribution in [0, 0.1) is 6.92 Å². The Labute approximate surface area is 149 Å².